The molecule has 0 aromatic rings. The third-order valence-electron chi connectivity index (χ3n) is 3.96. The molecule has 4 atom stereocenters. The van der Waals surface area contributed by atoms with E-state index in [2.05, 4.69) is 0 Å². The van der Waals surface area contributed by atoms with Gasteiger partial charge in [0.1, 0.15) is 6.04 Å². The zero-order valence-corrected chi connectivity index (χ0v) is 10.6. The number of allylic oxidation sites excluding steroid dienone is 1. The van der Waals surface area contributed by atoms with Gasteiger partial charge in [-0.25, -0.2) is 0 Å². The Morgan fingerprint density at radius 3 is 2.88 bits per heavy atom. The molecule has 4 heteroatoms. The van der Waals surface area contributed by atoms with Crippen molar-refractivity contribution in [1.82, 2.24) is 4.90 Å². The van der Waals surface area contributed by atoms with Gasteiger partial charge in [-0.3, -0.25) is 14.5 Å². The molecule has 17 heavy (non-hydrogen) atoms. The van der Waals surface area contributed by atoms with Crippen LogP contribution in [0.4, 0.5) is 0 Å². The highest BCUT2D eigenvalue weighted by atomic mass is 16.5. The molecule has 0 N–H and O–H groups in total. The summed E-state index contributed by atoms with van der Waals surface area (Å²) in [6.07, 6.45) is 4.40. The molecule has 0 radical (unpaired) electrons. The summed E-state index contributed by atoms with van der Waals surface area (Å²) in [5, 5.41) is 0. The van der Waals surface area contributed by atoms with Crippen LogP contribution in [0.2, 0.25) is 0 Å². The van der Waals surface area contributed by atoms with Crippen molar-refractivity contribution in [3.8, 4) is 0 Å². The second-order valence-corrected chi connectivity index (χ2v) is 4.86. The van der Waals surface area contributed by atoms with E-state index in [9.17, 15) is 9.59 Å². The van der Waals surface area contributed by atoms with Crippen LogP contribution in [0.15, 0.2) is 12.2 Å². The van der Waals surface area contributed by atoms with Crippen LogP contribution in [0.25, 0.3) is 0 Å². The Labute approximate surface area is 102 Å². The van der Waals surface area contributed by atoms with Gasteiger partial charge >= 0.3 is 5.97 Å². The number of likely N-dealkylation sites (tertiary alicyclic amines) is 1. The molecule has 94 valence electrons. The van der Waals surface area contributed by atoms with Crippen molar-refractivity contribution in [3.63, 3.8) is 0 Å². The van der Waals surface area contributed by atoms with E-state index in [-0.39, 0.29) is 35.7 Å². The van der Waals surface area contributed by atoms with E-state index in [1.807, 2.05) is 24.9 Å². The van der Waals surface area contributed by atoms with Crippen molar-refractivity contribution in [3.05, 3.63) is 12.2 Å². The van der Waals surface area contributed by atoms with Gasteiger partial charge in [0.15, 0.2) is 5.78 Å². The Bertz CT molecular complexity index is 364. The summed E-state index contributed by atoms with van der Waals surface area (Å²) in [4.78, 5) is 25.8. The predicted octanol–water partition coefficient (Wildman–Crippen LogP) is 1.01. The Kier molecular flexibility index (Phi) is 3.33. The van der Waals surface area contributed by atoms with Gasteiger partial charge in [0, 0.05) is 12.0 Å². The van der Waals surface area contributed by atoms with Gasteiger partial charge in [0.05, 0.1) is 6.61 Å². The second kappa shape index (κ2) is 4.61. The van der Waals surface area contributed by atoms with Crippen LogP contribution in [0.3, 0.4) is 0 Å². The minimum atomic E-state index is -0.284. The molecule has 1 aliphatic carbocycles. The fourth-order valence-electron chi connectivity index (χ4n) is 3.18. The molecule has 0 saturated carbocycles. The Hall–Kier alpha value is -1.16. The maximum absolute atomic E-state index is 11.9. The number of rotatable bonds is 2. The van der Waals surface area contributed by atoms with Crippen LogP contribution in [0, 0.1) is 11.8 Å². The number of hydrogen-bond donors (Lipinski definition) is 0. The van der Waals surface area contributed by atoms with Crippen LogP contribution in [-0.4, -0.2) is 42.4 Å². The maximum atomic E-state index is 11.9. The summed E-state index contributed by atoms with van der Waals surface area (Å²) in [6, 6.07) is -0.134. The first kappa shape index (κ1) is 12.3. The van der Waals surface area contributed by atoms with Crippen LogP contribution < -0.4 is 0 Å². The zero-order valence-electron chi connectivity index (χ0n) is 10.6. The molecule has 1 fully saturated rings. The van der Waals surface area contributed by atoms with Crippen molar-refractivity contribution < 1.29 is 14.3 Å². The molecule has 1 heterocycles. The molecule has 0 aromatic carbocycles. The summed E-state index contributed by atoms with van der Waals surface area (Å²) >= 11 is 0. The molecule has 0 bridgehead atoms. The summed E-state index contributed by atoms with van der Waals surface area (Å²) in [6.45, 7) is 4.16. The van der Waals surface area contributed by atoms with E-state index < -0.39 is 0 Å². The molecule has 0 unspecified atom stereocenters. The normalized spacial score (nSPS) is 37.0. The van der Waals surface area contributed by atoms with E-state index in [1.165, 1.54) is 0 Å². The average Bonchev–Trinajstić information content (AvgIpc) is 2.53. The minimum absolute atomic E-state index is 0.0292. The summed E-state index contributed by atoms with van der Waals surface area (Å²) in [5.74, 6) is -0.0852. The van der Waals surface area contributed by atoms with Gasteiger partial charge in [-0.05, 0) is 32.4 Å². The average molecular weight is 237 g/mol. The summed E-state index contributed by atoms with van der Waals surface area (Å²) < 4.78 is 5.10. The lowest BCUT2D eigenvalue weighted by Crippen LogP contribution is -2.41. The van der Waals surface area contributed by atoms with Crippen LogP contribution in [0.5, 0.6) is 0 Å². The van der Waals surface area contributed by atoms with Gasteiger partial charge < -0.3 is 4.74 Å². The van der Waals surface area contributed by atoms with Gasteiger partial charge in [0.2, 0.25) is 0 Å². The molecular weight excluding hydrogens is 218 g/mol. The number of likely N-dealkylation sites (N-methyl/N-ethyl adjacent to an activating group) is 1. The topological polar surface area (TPSA) is 46.6 Å². The lowest BCUT2D eigenvalue weighted by Gasteiger charge is -2.26. The van der Waals surface area contributed by atoms with Crippen LogP contribution in [-0.2, 0) is 14.3 Å². The number of nitrogens with zero attached hydrogens (tertiary/aromatic N) is 1. The lowest BCUT2D eigenvalue weighted by atomic mass is 9.81. The smallest absolute Gasteiger partial charge is 0.323 e. The van der Waals surface area contributed by atoms with E-state index >= 15 is 0 Å². The van der Waals surface area contributed by atoms with Crippen molar-refractivity contribution in [2.24, 2.45) is 11.8 Å². The number of hydrogen-bond acceptors (Lipinski definition) is 4. The number of fused-ring (bicyclic) bond motifs is 1. The van der Waals surface area contributed by atoms with Gasteiger partial charge in [-0.15, -0.1) is 0 Å². The monoisotopic (exact) mass is 237 g/mol. The van der Waals surface area contributed by atoms with Crippen LogP contribution in [0.1, 0.15) is 20.3 Å². The summed E-state index contributed by atoms with van der Waals surface area (Å²) in [5.41, 5.74) is 0. The largest absolute Gasteiger partial charge is 0.465 e. The highest BCUT2D eigenvalue weighted by Crippen LogP contribution is 2.39. The SMILES string of the molecule is CCOC(=O)[C@@H]1[C@@H](C)[C@H]2C(=O)C=CC[C@@H]2N1C. The molecule has 2 rings (SSSR count). The predicted molar refractivity (Wildman–Crippen MR) is 63.4 cm³/mol. The Morgan fingerprint density at radius 2 is 2.29 bits per heavy atom. The van der Waals surface area contributed by atoms with Crippen molar-refractivity contribution in [2.75, 3.05) is 13.7 Å². The highest BCUT2D eigenvalue weighted by Gasteiger charge is 2.51. The third kappa shape index (κ3) is 1.90. The molecule has 4 nitrogen and oxygen atoms in total. The van der Waals surface area contributed by atoms with Crippen molar-refractivity contribution in [1.29, 1.82) is 0 Å². The van der Waals surface area contributed by atoms with Gasteiger partial charge in [-0.1, -0.05) is 13.0 Å². The number of ketones is 1. The number of carbonyl (C=O) groups excluding carboxylic acids is 2. The first-order valence-corrected chi connectivity index (χ1v) is 6.16. The number of carbonyl (C=O) groups is 2. The van der Waals surface area contributed by atoms with E-state index in [0.29, 0.717) is 6.61 Å². The van der Waals surface area contributed by atoms with Crippen molar-refractivity contribution >= 4 is 11.8 Å². The van der Waals surface area contributed by atoms with E-state index in [4.69, 9.17) is 4.74 Å². The van der Waals surface area contributed by atoms with Crippen LogP contribution >= 0.6 is 0 Å². The van der Waals surface area contributed by atoms with Gasteiger partial charge in [-0.2, -0.15) is 0 Å². The van der Waals surface area contributed by atoms with Crippen molar-refractivity contribution in [2.45, 2.75) is 32.4 Å². The number of esters is 1. The van der Waals surface area contributed by atoms with E-state index in [1.54, 1.807) is 13.0 Å². The second-order valence-electron chi connectivity index (χ2n) is 4.86. The molecule has 0 amide bonds. The number of ether oxygens (including phenoxy) is 1. The van der Waals surface area contributed by atoms with Gasteiger partial charge in [0.25, 0.3) is 0 Å². The van der Waals surface area contributed by atoms with E-state index in [0.717, 1.165) is 6.42 Å². The first-order chi connectivity index (χ1) is 8.07. The summed E-state index contributed by atoms with van der Waals surface area (Å²) in [7, 11) is 1.91. The minimum Gasteiger partial charge on any atom is -0.465 e. The fraction of sp³-hybridized carbons (Fsp3) is 0.692. The maximum Gasteiger partial charge on any atom is 0.323 e. The zero-order chi connectivity index (χ0) is 12.6. The molecule has 1 aliphatic heterocycles. The molecule has 2 aliphatic rings. The third-order valence-corrected chi connectivity index (χ3v) is 3.96. The Balaban J connectivity index is 2.22. The molecular formula is C13H19NO3. The standard InChI is InChI=1S/C13H19NO3/c1-4-17-13(16)12-8(2)11-9(14(12)3)6-5-7-10(11)15/h5,7-9,11-12H,4,6H2,1-3H3/t8-,9-,11+,12-/m0/s1. The quantitative estimate of drug-likeness (QED) is 0.673. The molecule has 1 saturated heterocycles. The molecule has 0 aromatic heterocycles. The first-order valence-electron chi connectivity index (χ1n) is 6.16. The fourth-order valence-corrected chi connectivity index (χ4v) is 3.18. The lowest BCUT2D eigenvalue weighted by molar-refractivity contribution is -0.149. The Morgan fingerprint density at radius 1 is 1.59 bits per heavy atom. The molecule has 0 spiro atoms. The highest BCUT2D eigenvalue weighted by molar-refractivity contribution is 5.94.